The zero-order valence-electron chi connectivity index (χ0n) is 16.4. The van der Waals surface area contributed by atoms with Gasteiger partial charge in [0.1, 0.15) is 13.2 Å². The van der Waals surface area contributed by atoms with Crippen molar-refractivity contribution >= 4 is 35.4 Å². The number of carboxylic acid groups (broad SMARTS) is 1. The van der Waals surface area contributed by atoms with Gasteiger partial charge in [0.05, 0.1) is 5.56 Å². The second kappa shape index (κ2) is 9.92. The van der Waals surface area contributed by atoms with Gasteiger partial charge in [-0.25, -0.2) is 14.4 Å². The summed E-state index contributed by atoms with van der Waals surface area (Å²) < 4.78 is 9.82. The third kappa shape index (κ3) is 5.71. The molecule has 30 heavy (non-hydrogen) atoms. The fourth-order valence-corrected chi connectivity index (χ4v) is 2.60. The van der Waals surface area contributed by atoms with Crippen molar-refractivity contribution in [3.8, 4) is 11.1 Å². The lowest BCUT2D eigenvalue weighted by molar-refractivity contribution is -0.146. The number of benzene rings is 2. The molecule has 0 amide bonds. The summed E-state index contributed by atoms with van der Waals surface area (Å²) in [6, 6.07) is 9.70. The number of aromatic carboxylic acids is 1. The van der Waals surface area contributed by atoms with E-state index >= 15 is 0 Å². The van der Waals surface area contributed by atoms with Crippen LogP contribution in [0.25, 0.3) is 17.2 Å². The molecule has 0 radical (unpaired) electrons. The number of carbonyl (C=O) groups is 3. The largest absolute Gasteiger partial charge is 0.478 e. The van der Waals surface area contributed by atoms with E-state index in [0.717, 1.165) is 0 Å². The van der Waals surface area contributed by atoms with Gasteiger partial charge in [0.2, 0.25) is 0 Å². The van der Waals surface area contributed by atoms with E-state index in [2.05, 4.69) is 6.58 Å². The molecule has 2 aromatic rings. The van der Waals surface area contributed by atoms with Crippen LogP contribution in [0.15, 0.2) is 54.6 Å². The van der Waals surface area contributed by atoms with Gasteiger partial charge in [0.25, 0.3) is 0 Å². The van der Waals surface area contributed by atoms with Crippen molar-refractivity contribution in [2.75, 3.05) is 24.7 Å². The maximum Gasteiger partial charge on any atom is 0.335 e. The van der Waals surface area contributed by atoms with Gasteiger partial charge in [-0.15, -0.1) is 0 Å². The Bertz CT molecular complexity index is 1000. The number of carbonyl (C=O) groups excluding carboxylic acids is 2. The Hall–Kier alpha value is -4.07. The molecule has 0 aliphatic rings. The number of rotatable bonds is 8. The van der Waals surface area contributed by atoms with Gasteiger partial charge in [-0.2, -0.15) is 0 Å². The maximum atomic E-state index is 11.9. The Labute approximate surface area is 173 Å². The van der Waals surface area contributed by atoms with E-state index in [1.54, 1.807) is 24.3 Å². The highest BCUT2D eigenvalue weighted by Gasteiger charge is 2.14. The average molecular weight is 410 g/mol. The molecule has 0 aliphatic heterocycles. The van der Waals surface area contributed by atoms with Gasteiger partial charge in [-0.3, -0.25) is 0 Å². The molecule has 0 bridgehead atoms. The van der Waals surface area contributed by atoms with Crippen LogP contribution in [0.1, 0.15) is 22.8 Å². The highest BCUT2D eigenvalue weighted by atomic mass is 16.6. The van der Waals surface area contributed by atoms with Crippen LogP contribution in [0, 0.1) is 0 Å². The lowest BCUT2D eigenvalue weighted by Crippen LogP contribution is -2.13. The molecule has 0 atom stereocenters. The first-order valence-corrected chi connectivity index (χ1v) is 8.90. The molecule has 5 N–H and O–H groups in total. The van der Waals surface area contributed by atoms with E-state index in [4.69, 9.17) is 26.0 Å². The molecular weight excluding hydrogens is 388 g/mol. The lowest BCUT2D eigenvalue weighted by atomic mass is 9.95. The molecule has 0 aliphatic carbocycles. The van der Waals surface area contributed by atoms with Gasteiger partial charge < -0.3 is 26.0 Å². The number of ether oxygens (including phenoxy) is 2. The van der Waals surface area contributed by atoms with Crippen LogP contribution in [0.4, 0.5) is 11.4 Å². The smallest absolute Gasteiger partial charge is 0.335 e. The third-order valence-electron chi connectivity index (χ3n) is 3.98. The van der Waals surface area contributed by atoms with Crippen molar-refractivity contribution in [2.45, 2.75) is 6.92 Å². The molecule has 0 heterocycles. The van der Waals surface area contributed by atoms with Gasteiger partial charge >= 0.3 is 17.9 Å². The van der Waals surface area contributed by atoms with Crippen molar-refractivity contribution in [2.24, 2.45) is 0 Å². The van der Waals surface area contributed by atoms with Crippen molar-refractivity contribution in [1.82, 2.24) is 0 Å². The Kier molecular flexibility index (Phi) is 7.35. The second-order valence-corrected chi connectivity index (χ2v) is 6.34. The summed E-state index contributed by atoms with van der Waals surface area (Å²) in [5, 5.41) is 9.14. The van der Waals surface area contributed by atoms with Crippen LogP contribution >= 0.6 is 0 Å². The lowest BCUT2D eigenvalue weighted by Gasteiger charge is -2.13. The molecule has 0 aromatic heterocycles. The first kappa shape index (κ1) is 22.2. The predicted molar refractivity (Wildman–Crippen MR) is 113 cm³/mol. The first-order valence-electron chi connectivity index (χ1n) is 8.90. The van der Waals surface area contributed by atoms with Crippen molar-refractivity contribution in [3.05, 3.63) is 65.8 Å². The summed E-state index contributed by atoms with van der Waals surface area (Å²) in [6.45, 7) is 4.79. The molecule has 2 aromatic carbocycles. The van der Waals surface area contributed by atoms with Crippen molar-refractivity contribution in [3.63, 3.8) is 0 Å². The fourth-order valence-electron chi connectivity index (χ4n) is 2.60. The minimum atomic E-state index is -1.13. The Balaban J connectivity index is 2.14. The number of anilines is 2. The highest BCUT2D eigenvalue weighted by Crippen LogP contribution is 2.35. The molecule has 0 fully saturated rings. The van der Waals surface area contributed by atoms with E-state index in [1.165, 1.54) is 31.2 Å². The van der Waals surface area contributed by atoms with Gasteiger partial charge in [-0.05, 0) is 36.3 Å². The minimum absolute atomic E-state index is 0.0160. The number of nitrogen functional groups attached to an aromatic ring is 2. The number of hydrogen-bond acceptors (Lipinski definition) is 7. The summed E-state index contributed by atoms with van der Waals surface area (Å²) >= 11 is 0. The Morgan fingerprint density at radius 1 is 1.07 bits per heavy atom. The molecule has 8 heteroatoms. The van der Waals surface area contributed by atoms with Crippen LogP contribution in [0.5, 0.6) is 0 Å². The monoisotopic (exact) mass is 410 g/mol. The molecule has 0 saturated carbocycles. The van der Waals surface area contributed by atoms with Crippen molar-refractivity contribution in [1.29, 1.82) is 0 Å². The SMILES string of the molecule is C=C(C)C(=O)OCCOC(=O)/C=C/c1ccccc1-c1c(N)cc(C(=O)O)cc1N. The van der Waals surface area contributed by atoms with Gasteiger partial charge in [-0.1, -0.05) is 30.8 Å². The minimum Gasteiger partial charge on any atom is -0.478 e. The van der Waals surface area contributed by atoms with Crippen molar-refractivity contribution < 1.29 is 29.0 Å². The molecule has 156 valence electrons. The third-order valence-corrected chi connectivity index (χ3v) is 3.98. The topological polar surface area (TPSA) is 142 Å². The van der Waals surface area contributed by atoms with Gasteiger partial charge in [0, 0.05) is 28.6 Å². The molecule has 0 saturated heterocycles. The summed E-state index contributed by atoms with van der Waals surface area (Å²) in [5.41, 5.74) is 14.5. The molecule has 2 rings (SSSR count). The molecular formula is C22H22N2O6. The number of esters is 2. The zero-order chi connectivity index (χ0) is 22.3. The normalized spacial score (nSPS) is 10.6. The summed E-state index contributed by atoms with van der Waals surface area (Å²) in [7, 11) is 0. The average Bonchev–Trinajstić information content (AvgIpc) is 2.69. The molecule has 0 unspecified atom stereocenters. The maximum absolute atomic E-state index is 11.9. The molecule has 8 nitrogen and oxygen atoms in total. The fraction of sp³-hybridized carbons (Fsp3) is 0.136. The van der Waals surface area contributed by atoms with E-state index < -0.39 is 17.9 Å². The summed E-state index contributed by atoms with van der Waals surface area (Å²) in [5.74, 6) is -2.32. The van der Waals surface area contributed by atoms with Crippen LogP contribution in [0.3, 0.4) is 0 Å². The van der Waals surface area contributed by atoms with E-state index in [-0.39, 0.29) is 35.7 Å². The van der Waals surface area contributed by atoms with Crippen LogP contribution < -0.4 is 11.5 Å². The zero-order valence-corrected chi connectivity index (χ0v) is 16.4. The van der Waals surface area contributed by atoms with Crippen LogP contribution in [-0.4, -0.2) is 36.2 Å². The van der Waals surface area contributed by atoms with E-state index in [0.29, 0.717) is 16.7 Å². The second-order valence-electron chi connectivity index (χ2n) is 6.34. The highest BCUT2D eigenvalue weighted by molar-refractivity contribution is 5.98. The molecule has 0 spiro atoms. The number of carboxylic acids is 1. The summed E-state index contributed by atoms with van der Waals surface area (Å²) in [6.07, 6.45) is 2.75. The van der Waals surface area contributed by atoms with Gasteiger partial charge in [0.15, 0.2) is 0 Å². The summed E-state index contributed by atoms with van der Waals surface area (Å²) in [4.78, 5) is 34.3. The first-order chi connectivity index (χ1) is 14.2. The van der Waals surface area contributed by atoms with E-state index in [1.807, 2.05) is 0 Å². The standard InChI is InChI=1S/C22H22N2O6/c1-13(2)22(28)30-10-9-29-19(25)8-7-14-5-3-4-6-16(14)20-17(23)11-15(21(26)27)12-18(20)24/h3-8,11-12H,1,9-10,23-24H2,2H3,(H,26,27)/b8-7+. The predicted octanol–water partition coefficient (Wildman–Crippen LogP) is 2.89. The Morgan fingerprint density at radius 2 is 1.67 bits per heavy atom. The van der Waals surface area contributed by atoms with Crippen LogP contribution in [0.2, 0.25) is 0 Å². The quantitative estimate of drug-likeness (QED) is 0.261. The number of nitrogens with two attached hydrogens (primary N) is 2. The van der Waals surface area contributed by atoms with Crippen LogP contribution in [-0.2, 0) is 19.1 Å². The Morgan fingerprint density at radius 3 is 2.27 bits per heavy atom. The number of hydrogen-bond donors (Lipinski definition) is 3. The van der Waals surface area contributed by atoms with E-state index in [9.17, 15) is 14.4 Å².